The first-order valence-electron chi connectivity index (χ1n) is 15.7. The number of halogens is 1. The molecule has 0 radical (unpaired) electrons. The van der Waals surface area contributed by atoms with Gasteiger partial charge in [-0.2, -0.15) is 4.57 Å². The van der Waals surface area contributed by atoms with Crippen molar-refractivity contribution in [3.05, 3.63) is 16.1 Å². The first kappa shape index (κ1) is 39.9. The van der Waals surface area contributed by atoms with Gasteiger partial charge in [0.05, 0.1) is 10.9 Å². The normalized spacial score (nSPS) is 12.3. The van der Waals surface area contributed by atoms with Gasteiger partial charge in [0.15, 0.2) is 5.69 Å². The Kier molecular flexibility index (Phi) is 25.7. The number of aromatic nitrogens is 1. The first-order chi connectivity index (χ1) is 19.4. The van der Waals surface area contributed by atoms with Crippen LogP contribution in [0.15, 0.2) is 5.51 Å². The van der Waals surface area contributed by atoms with Crippen LogP contribution in [-0.2, 0) is 21.3 Å². The highest BCUT2D eigenvalue weighted by atomic mass is 127. The van der Waals surface area contributed by atoms with Crippen LogP contribution in [0.2, 0.25) is 0 Å². The van der Waals surface area contributed by atoms with Crippen molar-refractivity contribution >= 4 is 23.5 Å². The molecule has 1 aromatic rings. The summed E-state index contributed by atoms with van der Waals surface area (Å²) < 4.78 is 17.8. The number of aryl methyl sites for hydroxylation is 1. The SMILES string of the molecule is CCCCCCCCCCCCCCCCCCNC(=O)OCC(COC(=O)NC(C)c1sc[n+](C)c1C)OC.[I-]. The standard InChI is InChI=1S/C31H57N3O5S.HI/c1-6-7-8-9-10-11-12-13-14-15-16-17-18-19-20-21-22-32-30(35)38-23-28(37-5)24-39-31(36)33-26(2)29-27(3)34(4)25-40-29;/h25-26,28H,6-24H2,1-5H3,(H-,32,33,35,36);1H. The summed E-state index contributed by atoms with van der Waals surface area (Å²) in [6.07, 6.45) is 19.7. The van der Waals surface area contributed by atoms with Crippen LogP contribution in [0.25, 0.3) is 0 Å². The Morgan fingerprint density at radius 2 is 1.29 bits per heavy atom. The molecule has 1 aromatic heterocycles. The number of rotatable bonds is 24. The summed E-state index contributed by atoms with van der Waals surface area (Å²) in [5.41, 5.74) is 3.10. The van der Waals surface area contributed by atoms with Crippen molar-refractivity contribution in [3.63, 3.8) is 0 Å². The molecule has 0 aliphatic carbocycles. The fourth-order valence-corrected chi connectivity index (χ4v) is 5.62. The van der Waals surface area contributed by atoms with Crippen LogP contribution >= 0.6 is 11.3 Å². The van der Waals surface area contributed by atoms with E-state index >= 15 is 0 Å². The van der Waals surface area contributed by atoms with Crippen molar-refractivity contribution in [2.75, 3.05) is 26.9 Å². The second-order valence-electron chi connectivity index (χ2n) is 10.9. The van der Waals surface area contributed by atoms with Gasteiger partial charge in [-0.15, -0.1) is 0 Å². The van der Waals surface area contributed by atoms with E-state index in [1.54, 1.807) is 11.3 Å². The van der Waals surface area contributed by atoms with Gasteiger partial charge in [0.25, 0.3) is 0 Å². The Morgan fingerprint density at radius 1 is 0.829 bits per heavy atom. The van der Waals surface area contributed by atoms with E-state index in [1.165, 1.54) is 97.0 Å². The third kappa shape index (κ3) is 20.4. The van der Waals surface area contributed by atoms with E-state index in [4.69, 9.17) is 14.2 Å². The summed E-state index contributed by atoms with van der Waals surface area (Å²) in [6, 6.07) is -0.161. The van der Waals surface area contributed by atoms with Crippen LogP contribution < -0.4 is 39.2 Å². The largest absolute Gasteiger partial charge is 1.00 e. The Bertz CT molecular complexity index is 796. The lowest BCUT2D eigenvalue weighted by molar-refractivity contribution is -0.673. The fraction of sp³-hybridized carbons (Fsp3) is 0.839. The summed E-state index contributed by atoms with van der Waals surface area (Å²) in [5.74, 6) is 0. The highest BCUT2D eigenvalue weighted by Gasteiger charge is 2.21. The molecule has 2 unspecified atom stereocenters. The molecular formula is C31H58IN3O5S. The van der Waals surface area contributed by atoms with Gasteiger partial charge in [-0.3, -0.25) is 0 Å². The predicted molar refractivity (Wildman–Crippen MR) is 163 cm³/mol. The number of carbonyl (C=O) groups is 2. The maximum atomic E-state index is 12.2. The molecule has 2 amide bonds. The summed E-state index contributed by atoms with van der Waals surface area (Å²) in [7, 11) is 3.47. The summed E-state index contributed by atoms with van der Waals surface area (Å²) in [4.78, 5) is 25.2. The molecule has 0 aliphatic rings. The van der Waals surface area contributed by atoms with Gasteiger partial charge in [-0.25, -0.2) is 9.59 Å². The van der Waals surface area contributed by atoms with Crippen molar-refractivity contribution in [3.8, 4) is 0 Å². The summed E-state index contributed by atoms with van der Waals surface area (Å²) >= 11 is 1.59. The Labute approximate surface area is 271 Å². The van der Waals surface area contributed by atoms with E-state index in [2.05, 4.69) is 17.6 Å². The van der Waals surface area contributed by atoms with E-state index in [1.807, 2.05) is 31.0 Å². The highest BCUT2D eigenvalue weighted by Crippen LogP contribution is 2.20. The lowest BCUT2D eigenvalue weighted by Crippen LogP contribution is -3.00. The van der Waals surface area contributed by atoms with Gasteiger partial charge in [0.2, 0.25) is 5.51 Å². The number of unbranched alkanes of at least 4 members (excludes halogenated alkanes) is 15. The summed E-state index contributed by atoms with van der Waals surface area (Å²) in [5, 5.41) is 5.62. The number of methoxy groups -OCH3 is 1. The van der Waals surface area contributed by atoms with Gasteiger partial charge >= 0.3 is 12.2 Å². The molecule has 8 nitrogen and oxygen atoms in total. The number of ether oxygens (including phenoxy) is 3. The molecule has 0 fully saturated rings. The number of hydrogen-bond donors (Lipinski definition) is 2. The molecule has 0 saturated carbocycles. The average molecular weight is 712 g/mol. The number of nitrogens with zero attached hydrogens (tertiary/aromatic N) is 1. The van der Waals surface area contributed by atoms with Gasteiger partial charge < -0.3 is 48.8 Å². The van der Waals surface area contributed by atoms with Gasteiger partial charge in [0, 0.05) is 20.6 Å². The molecule has 0 bridgehead atoms. The van der Waals surface area contributed by atoms with Crippen LogP contribution in [0.1, 0.15) is 133 Å². The third-order valence-electron chi connectivity index (χ3n) is 7.38. The minimum Gasteiger partial charge on any atom is -1.00 e. The van der Waals surface area contributed by atoms with E-state index in [-0.39, 0.29) is 43.2 Å². The number of hydrogen-bond acceptors (Lipinski definition) is 6. The maximum absolute atomic E-state index is 12.2. The quantitative estimate of drug-likeness (QED) is 0.0925. The minimum atomic E-state index is -0.530. The van der Waals surface area contributed by atoms with Crippen LogP contribution in [0, 0.1) is 6.92 Å². The van der Waals surface area contributed by atoms with Gasteiger partial charge in [-0.1, -0.05) is 115 Å². The predicted octanol–water partition coefficient (Wildman–Crippen LogP) is 4.67. The average Bonchev–Trinajstić information content (AvgIpc) is 3.28. The molecular weight excluding hydrogens is 653 g/mol. The molecule has 1 heterocycles. The maximum Gasteiger partial charge on any atom is 0.407 e. The zero-order valence-corrected chi connectivity index (χ0v) is 29.4. The molecule has 1 rings (SSSR count). The highest BCUT2D eigenvalue weighted by molar-refractivity contribution is 7.09. The van der Waals surface area contributed by atoms with E-state index in [9.17, 15) is 9.59 Å². The fourth-order valence-electron chi connectivity index (χ4n) is 4.61. The zero-order valence-electron chi connectivity index (χ0n) is 26.4. The Morgan fingerprint density at radius 3 is 1.73 bits per heavy atom. The van der Waals surface area contributed by atoms with Crippen LogP contribution in [-0.4, -0.2) is 45.2 Å². The van der Waals surface area contributed by atoms with E-state index < -0.39 is 18.3 Å². The molecule has 41 heavy (non-hydrogen) atoms. The topological polar surface area (TPSA) is 89.8 Å². The molecule has 0 spiro atoms. The first-order valence-corrected chi connectivity index (χ1v) is 16.6. The number of nitrogens with one attached hydrogen (secondary N) is 2. The van der Waals surface area contributed by atoms with Gasteiger partial charge in [-0.05, 0) is 13.3 Å². The summed E-state index contributed by atoms with van der Waals surface area (Å²) in [6.45, 7) is 6.82. The number of alkyl carbamates (subject to hydrolysis) is 2. The third-order valence-corrected chi connectivity index (χ3v) is 8.71. The minimum absolute atomic E-state index is 0. The molecule has 0 aromatic carbocycles. The second-order valence-corrected chi connectivity index (χ2v) is 11.8. The lowest BCUT2D eigenvalue weighted by Gasteiger charge is -2.17. The second kappa shape index (κ2) is 26.5. The van der Waals surface area contributed by atoms with Crippen molar-refractivity contribution < 1.29 is 52.3 Å². The molecule has 10 heteroatoms. The lowest BCUT2D eigenvalue weighted by atomic mass is 10.0. The van der Waals surface area contributed by atoms with E-state index in [0.717, 1.165) is 23.4 Å². The molecule has 240 valence electrons. The smallest absolute Gasteiger partial charge is 0.407 e. The molecule has 0 aliphatic heterocycles. The van der Waals surface area contributed by atoms with Crippen molar-refractivity contribution in [2.24, 2.45) is 7.05 Å². The molecule has 2 N–H and O–H groups in total. The van der Waals surface area contributed by atoms with Crippen molar-refractivity contribution in [1.82, 2.24) is 10.6 Å². The van der Waals surface area contributed by atoms with Crippen molar-refractivity contribution in [1.29, 1.82) is 0 Å². The van der Waals surface area contributed by atoms with E-state index in [0.29, 0.717) is 6.54 Å². The number of carbonyl (C=O) groups excluding carboxylic acids is 2. The molecule has 2 atom stereocenters. The van der Waals surface area contributed by atoms with Crippen LogP contribution in [0.5, 0.6) is 0 Å². The number of thiazole rings is 1. The van der Waals surface area contributed by atoms with Crippen LogP contribution in [0.3, 0.4) is 0 Å². The Hall–Kier alpha value is -1.14. The molecule has 0 saturated heterocycles. The van der Waals surface area contributed by atoms with Crippen LogP contribution in [0.4, 0.5) is 9.59 Å². The zero-order chi connectivity index (χ0) is 29.4. The number of amides is 2. The monoisotopic (exact) mass is 711 g/mol. The van der Waals surface area contributed by atoms with Crippen molar-refractivity contribution in [2.45, 2.75) is 136 Å². The Balaban J connectivity index is 0.0000160. The van der Waals surface area contributed by atoms with Gasteiger partial charge in [0.1, 0.15) is 26.4 Å².